The lowest BCUT2D eigenvalue weighted by atomic mass is 10.0. The number of fused-ring (bicyclic) bond motifs is 1. The third-order valence-corrected chi connectivity index (χ3v) is 3.60. The molecule has 0 bridgehead atoms. The van der Waals surface area contributed by atoms with Crippen LogP contribution in [0.5, 0.6) is 5.75 Å². The number of benzene rings is 1. The number of aliphatic imine (C=N–C) groups is 1. The van der Waals surface area contributed by atoms with Crippen molar-refractivity contribution in [3.63, 3.8) is 0 Å². The second kappa shape index (κ2) is 6.23. The molecule has 132 valence electrons. The predicted octanol–water partition coefficient (Wildman–Crippen LogP) is 3.72. The summed E-state index contributed by atoms with van der Waals surface area (Å²) >= 11 is 0. The van der Waals surface area contributed by atoms with Crippen LogP contribution >= 0.6 is 0 Å². The Balaban J connectivity index is 2.14. The molecule has 1 aliphatic rings. The highest BCUT2D eigenvalue weighted by molar-refractivity contribution is 6.14. The van der Waals surface area contributed by atoms with Crippen LogP contribution in [0.4, 0.5) is 22.0 Å². The minimum atomic E-state index is -4.68. The molecule has 9 heteroatoms. The Morgan fingerprint density at radius 2 is 1.96 bits per heavy atom. The van der Waals surface area contributed by atoms with Gasteiger partial charge < -0.3 is 15.0 Å². The summed E-state index contributed by atoms with van der Waals surface area (Å²) in [5, 5.41) is 0. The van der Waals surface area contributed by atoms with E-state index in [1.54, 1.807) is 29.0 Å². The van der Waals surface area contributed by atoms with Crippen molar-refractivity contribution in [1.29, 1.82) is 0 Å². The van der Waals surface area contributed by atoms with Crippen LogP contribution in [0.2, 0.25) is 0 Å². The molecule has 0 saturated heterocycles. The maximum atomic E-state index is 12.9. The Morgan fingerprint density at radius 3 is 2.64 bits per heavy atom. The van der Waals surface area contributed by atoms with E-state index in [9.17, 15) is 22.0 Å². The molecule has 2 heterocycles. The summed E-state index contributed by atoms with van der Waals surface area (Å²) in [6, 6.07) is 5.70. The fraction of sp³-hybridized carbons (Fsp3) is 0.188. The van der Waals surface area contributed by atoms with Crippen molar-refractivity contribution in [3.8, 4) is 5.75 Å². The summed E-state index contributed by atoms with van der Waals surface area (Å²) < 4.78 is 69.9. The highest BCUT2D eigenvalue weighted by Crippen LogP contribution is 2.35. The van der Waals surface area contributed by atoms with Crippen molar-refractivity contribution < 1.29 is 26.7 Å². The van der Waals surface area contributed by atoms with Crippen molar-refractivity contribution in [2.45, 2.75) is 12.8 Å². The monoisotopic (exact) mass is 357 g/mol. The normalized spacial score (nSPS) is 14.6. The summed E-state index contributed by atoms with van der Waals surface area (Å²) in [4.78, 5) is 4.25. The van der Waals surface area contributed by atoms with Crippen LogP contribution in [-0.4, -0.2) is 23.4 Å². The third kappa shape index (κ3) is 3.35. The van der Waals surface area contributed by atoms with E-state index < -0.39 is 24.1 Å². The Bertz CT molecular complexity index is 852. The van der Waals surface area contributed by atoms with E-state index in [1.165, 1.54) is 0 Å². The van der Waals surface area contributed by atoms with Gasteiger partial charge in [-0.3, -0.25) is 4.99 Å². The molecular weight excluding hydrogens is 345 g/mol. The first-order valence-corrected chi connectivity index (χ1v) is 7.12. The molecule has 0 saturated carbocycles. The number of nitrogens with zero attached hydrogens (tertiary/aromatic N) is 2. The first-order chi connectivity index (χ1) is 11.8. The van der Waals surface area contributed by atoms with Gasteiger partial charge in [0.05, 0.1) is 23.5 Å². The molecule has 0 atom stereocenters. The molecule has 0 spiro atoms. The maximum Gasteiger partial charge on any atom is 0.416 e. The standard InChI is InChI=1S/C16H12F5N3O/c17-15(18)25-12-8-9(16(19,20)21)3-4-10(12)14-11-2-1-7-24(11)13(22)5-6-23-14/h1-5,7-8,15H,6,22H2. The number of aromatic nitrogens is 1. The van der Waals surface area contributed by atoms with Crippen LogP contribution in [0.15, 0.2) is 47.6 Å². The lowest BCUT2D eigenvalue weighted by Crippen LogP contribution is -2.16. The average Bonchev–Trinajstić information content (AvgIpc) is 2.94. The van der Waals surface area contributed by atoms with E-state index >= 15 is 0 Å². The minimum absolute atomic E-state index is 0.0244. The quantitative estimate of drug-likeness (QED) is 0.852. The molecule has 25 heavy (non-hydrogen) atoms. The second-order valence-electron chi connectivity index (χ2n) is 5.17. The molecule has 0 radical (unpaired) electrons. The Labute approximate surface area is 139 Å². The molecule has 1 aromatic heterocycles. The molecule has 1 aromatic carbocycles. The summed E-state index contributed by atoms with van der Waals surface area (Å²) in [6.45, 7) is -3.12. The topological polar surface area (TPSA) is 52.5 Å². The summed E-state index contributed by atoms with van der Waals surface area (Å²) in [5.74, 6) is -0.223. The number of halogens is 5. The first kappa shape index (κ1) is 17.0. The van der Waals surface area contributed by atoms with Gasteiger partial charge in [0.15, 0.2) is 0 Å². The number of rotatable bonds is 3. The first-order valence-electron chi connectivity index (χ1n) is 7.12. The molecule has 4 nitrogen and oxygen atoms in total. The molecule has 1 aliphatic heterocycles. The lowest BCUT2D eigenvalue weighted by Gasteiger charge is -2.16. The Hall–Kier alpha value is -2.84. The van der Waals surface area contributed by atoms with Gasteiger partial charge in [-0.2, -0.15) is 22.0 Å². The maximum absolute atomic E-state index is 12.9. The predicted molar refractivity (Wildman–Crippen MR) is 81.5 cm³/mol. The van der Waals surface area contributed by atoms with Crippen LogP contribution in [0.3, 0.4) is 0 Å². The van der Waals surface area contributed by atoms with E-state index in [-0.39, 0.29) is 17.8 Å². The number of alkyl halides is 5. The van der Waals surface area contributed by atoms with Gasteiger partial charge in [0.2, 0.25) is 0 Å². The molecule has 0 aliphatic carbocycles. The minimum Gasteiger partial charge on any atom is -0.434 e. The van der Waals surface area contributed by atoms with E-state index in [0.29, 0.717) is 17.6 Å². The van der Waals surface area contributed by atoms with E-state index in [2.05, 4.69) is 9.73 Å². The van der Waals surface area contributed by atoms with Gasteiger partial charge in [-0.15, -0.1) is 0 Å². The Morgan fingerprint density at radius 1 is 1.20 bits per heavy atom. The molecule has 0 unspecified atom stereocenters. The van der Waals surface area contributed by atoms with Crippen LogP contribution in [0.25, 0.3) is 5.82 Å². The van der Waals surface area contributed by atoms with Gasteiger partial charge in [0.1, 0.15) is 11.6 Å². The number of hydrogen-bond donors (Lipinski definition) is 1. The third-order valence-electron chi connectivity index (χ3n) is 3.60. The summed E-state index contributed by atoms with van der Waals surface area (Å²) in [5.41, 5.74) is 5.49. The molecule has 0 amide bonds. The van der Waals surface area contributed by atoms with E-state index in [4.69, 9.17) is 5.73 Å². The number of nitrogens with two attached hydrogens (primary N) is 1. The van der Waals surface area contributed by atoms with Gasteiger partial charge in [0.25, 0.3) is 0 Å². The Kier molecular flexibility index (Phi) is 4.23. The fourth-order valence-corrected chi connectivity index (χ4v) is 2.52. The average molecular weight is 357 g/mol. The van der Waals surface area contributed by atoms with Crippen LogP contribution in [-0.2, 0) is 6.18 Å². The van der Waals surface area contributed by atoms with Crippen LogP contribution < -0.4 is 10.5 Å². The van der Waals surface area contributed by atoms with Crippen LogP contribution in [0, 0.1) is 0 Å². The zero-order valence-electron chi connectivity index (χ0n) is 12.6. The molecule has 0 fully saturated rings. The summed E-state index contributed by atoms with van der Waals surface area (Å²) in [7, 11) is 0. The zero-order valence-corrected chi connectivity index (χ0v) is 12.6. The van der Waals surface area contributed by atoms with Crippen LogP contribution in [0.1, 0.15) is 16.8 Å². The van der Waals surface area contributed by atoms with Crippen molar-refractivity contribution in [1.82, 2.24) is 4.57 Å². The zero-order chi connectivity index (χ0) is 18.2. The number of hydrogen-bond acceptors (Lipinski definition) is 3. The molecular formula is C16H12F5N3O. The van der Waals surface area contributed by atoms with Crippen molar-refractivity contribution in [3.05, 3.63) is 59.4 Å². The molecule has 2 aromatic rings. The van der Waals surface area contributed by atoms with Gasteiger partial charge in [-0.1, -0.05) is 0 Å². The lowest BCUT2D eigenvalue weighted by molar-refractivity contribution is -0.138. The molecule has 2 N–H and O–H groups in total. The van der Waals surface area contributed by atoms with Crippen molar-refractivity contribution in [2.24, 2.45) is 10.7 Å². The largest absolute Gasteiger partial charge is 0.434 e. The van der Waals surface area contributed by atoms with Gasteiger partial charge in [0, 0.05) is 11.8 Å². The van der Waals surface area contributed by atoms with Crippen molar-refractivity contribution in [2.75, 3.05) is 6.54 Å². The molecule has 3 rings (SSSR count). The smallest absolute Gasteiger partial charge is 0.416 e. The van der Waals surface area contributed by atoms with Gasteiger partial charge in [-0.05, 0) is 36.4 Å². The van der Waals surface area contributed by atoms with Gasteiger partial charge in [-0.25, -0.2) is 0 Å². The highest BCUT2D eigenvalue weighted by atomic mass is 19.4. The van der Waals surface area contributed by atoms with E-state index in [0.717, 1.165) is 12.1 Å². The summed E-state index contributed by atoms with van der Waals surface area (Å²) in [6.07, 6.45) is -1.44. The highest BCUT2D eigenvalue weighted by Gasteiger charge is 2.32. The van der Waals surface area contributed by atoms with Gasteiger partial charge >= 0.3 is 12.8 Å². The SMILES string of the molecule is NC1=CCN=C(c2ccc(C(F)(F)F)cc2OC(F)F)c2cccn21. The fourth-order valence-electron chi connectivity index (χ4n) is 2.52. The number of ether oxygens (including phenoxy) is 1. The van der Waals surface area contributed by atoms with E-state index in [1.807, 2.05) is 0 Å². The van der Waals surface area contributed by atoms with Crippen molar-refractivity contribution >= 4 is 11.5 Å². The second-order valence-corrected chi connectivity index (χ2v) is 5.17.